The predicted octanol–water partition coefficient (Wildman–Crippen LogP) is 6.51. The van der Waals surface area contributed by atoms with Crippen LogP contribution in [0.5, 0.6) is 23.0 Å². The quantitative estimate of drug-likeness (QED) is 0.411. The van der Waals surface area contributed by atoms with E-state index in [0.29, 0.717) is 17.9 Å². The fraction of sp³-hybridized carbons (Fsp3) is 0.400. The van der Waals surface area contributed by atoms with Crippen LogP contribution in [0.4, 0.5) is 4.39 Å². The Hall–Kier alpha value is -3.25. The molecule has 0 amide bonds. The van der Waals surface area contributed by atoms with Crippen molar-refractivity contribution in [3.8, 4) is 23.0 Å². The largest absolute Gasteiger partial charge is 0.508 e. The lowest BCUT2D eigenvalue weighted by Gasteiger charge is -2.39. The maximum absolute atomic E-state index is 15.0. The van der Waals surface area contributed by atoms with Gasteiger partial charge in [0.05, 0.1) is 0 Å². The van der Waals surface area contributed by atoms with Crippen LogP contribution in [0.1, 0.15) is 67.2 Å². The van der Waals surface area contributed by atoms with Crippen molar-refractivity contribution >= 4 is 0 Å². The molecule has 5 rings (SSSR count). The molecule has 2 aliphatic rings. The van der Waals surface area contributed by atoms with Gasteiger partial charge >= 0.3 is 0 Å². The first-order chi connectivity index (χ1) is 17.5. The smallest absolute Gasteiger partial charge is 0.171 e. The molecule has 0 spiro atoms. The van der Waals surface area contributed by atoms with Gasteiger partial charge in [0.1, 0.15) is 30.0 Å². The van der Waals surface area contributed by atoms with Crippen LogP contribution in [-0.4, -0.2) is 41.4 Å². The predicted molar refractivity (Wildman–Crippen MR) is 138 cm³/mol. The van der Waals surface area contributed by atoms with Gasteiger partial charge in [-0.3, -0.25) is 4.90 Å². The van der Waals surface area contributed by atoms with Gasteiger partial charge in [-0.2, -0.15) is 0 Å². The average Bonchev–Trinajstić information content (AvgIpc) is 3.16. The number of benzene rings is 3. The Morgan fingerprint density at radius 2 is 1.56 bits per heavy atom. The van der Waals surface area contributed by atoms with Crippen LogP contribution in [0.15, 0.2) is 60.7 Å². The molecule has 3 atom stereocenters. The second-order valence-electron chi connectivity index (χ2n) is 9.93. The zero-order valence-corrected chi connectivity index (χ0v) is 20.7. The number of phenols is 2. The molecular formula is C30H34FNO4. The molecule has 2 N–H and O–H groups in total. The van der Waals surface area contributed by atoms with Crippen LogP contribution in [0.25, 0.3) is 0 Å². The number of rotatable bonds is 6. The summed E-state index contributed by atoms with van der Waals surface area (Å²) >= 11 is 0. The second kappa shape index (κ2) is 10.8. The molecule has 0 bridgehead atoms. The molecular weight excluding hydrogens is 457 g/mol. The van der Waals surface area contributed by atoms with E-state index in [0.717, 1.165) is 36.5 Å². The van der Waals surface area contributed by atoms with Crippen LogP contribution in [0, 0.1) is 5.82 Å². The van der Waals surface area contributed by atoms with Crippen LogP contribution < -0.4 is 9.47 Å². The number of phenolic OH excluding ortho intramolecular Hbond substituents is 2. The van der Waals surface area contributed by atoms with Gasteiger partial charge in [0.15, 0.2) is 11.6 Å². The SMILES string of the molecule is C[C@@H]1c2c(ccc(O)c2F)O[C@@H](c2ccc(OCCN3CCCCCC3)cc2)[C@H]1c1ccc(O)cc1. The molecule has 0 saturated carbocycles. The lowest BCUT2D eigenvalue weighted by atomic mass is 9.75. The first-order valence-electron chi connectivity index (χ1n) is 12.9. The van der Waals surface area contributed by atoms with E-state index in [1.54, 1.807) is 18.2 Å². The number of fused-ring (bicyclic) bond motifs is 1. The van der Waals surface area contributed by atoms with Crippen molar-refractivity contribution in [1.29, 1.82) is 0 Å². The summed E-state index contributed by atoms with van der Waals surface area (Å²) in [5, 5.41) is 19.8. The van der Waals surface area contributed by atoms with Gasteiger partial charge in [-0.05, 0) is 79.4 Å². The molecule has 36 heavy (non-hydrogen) atoms. The second-order valence-corrected chi connectivity index (χ2v) is 9.93. The lowest BCUT2D eigenvalue weighted by molar-refractivity contribution is 0.133. The molecule has 3 aromatic rings. The summed E-state index contributed by atoms with van der Waals surface area (Å²) in [6, 6.07) is 17.9. The molecule has 1 saturated heterocycles. The Balaban J connectivity index is 1.36. The summed E-state index contributed by atoms with van der Waals surface area (Å²) < 4.78 is 27.4. The molecule has 2 heterocycles. The van der Waals surface area contributed by atoms with Crippen LogP contribution in [-0.2, 0) is 0 Å². The summed E-state index contributed by atoms with van der Waals surface area (Å²) in [6.07, 6.45) is 4.81. The van der Waals surface area contributed by atoms with Gasteiger partial charge in [0, 0.05) is 18.0 Å². The molecule has 5 nitrogen and oxygen atoms in total. The molecule has 0 aliphatic carbocycles. The van der Waals surface area contributed by atoms with E-state index in [-0.39, 0.29) is 29.4 Å². The van der Waals surface area contributed by atoms with E-state index in [2.05, 4.69) is 4.90 Å². The van der Waals surface area contributed by atoms with Crippen molar-refractivity contribution in [1.82, 2.24) is 4.90 Å². The van der Waals surface area contributed by atoms with Crippen molar-refractivity contribution in [2.75, 3.05) is 26.2 Å². The first-order valence-corrected chi connectivity index (χ1v) is 12.9. The van der Waals surface area contributed by atoms with Crippen LogP contribution in [0.3, 0.4) is 0 Å². The number of halogens is 1. The summed E-state index contributed by atoms with van der Waals surface area (Å²) in [5.74, 6) is -0.0792. The topological polar surface area (TPSA) is 62.2 Å². The Kier molecular flexibility index (Phi) is 7.33. The number of ether oxygens (including phenoxy) is 2. The third-order valence-electron chi connectivity index (χ3n) is 7.56. The fourth-order valence-electron chi connectivity index (χ4n) is 5.58. The maximum Gasteiger partial charge on any atom is 0.171 e. The third-order valence-corrected chi connectivity index (χ3v) is 7.56. The highest BCUT2D eigenvalue weighted by Crippen LogP contribution is 2.52. The van der Waals surface area contributed by atoms with Crippen molar-refractivity contribution in [3.05, 3.63) is 83.2 Å². The molecule has 2 aliphatic heterocycles. The number of likely N-dealkylation sites (tertiary alicyclic amines) is 1. The van der Waals surface area contributed by atoms with Gasteiger partial charge in [-0.25, -0.2) is 4.39 Å². The highest BCUT2D eigenvalue weighted by molar-refractivity contribution is 5.49. The van der Waals surface area contributed by atoms with Gasteiger partial charge in [-0.15, -0.1) is 0 Å². The Labute approximate surface area is 212 Å². The van der Waals surface area contributed by atoms with Crippen LogP contribution >= 0.6 is 0 Å². The third kappa shape index (κ3) is 5.14. The van der Waals surface area contributed by atoms with Gasteiger partial charge in [-0.1, -0.05) is 44.0 Å². The summed E-state index contributed by atoms with van der Waals surface area (Å²) in [6.45, 7) is 5.84. The molecule has 190 valence electrons. The standard InChI is InChI=1S/C30H34FNO4/c1-20-27(21-6-10-23(33)11-7-21)30(36-26-15-14-25(34)29(31)28(20)26)22-8-12-24(13-9-22)35-19-18-32-16-4-2-3-5-17-32/h6-15,20,27,30,33-34H,2-5,16-19H2,1H3/t20-,27+,30-/m0/s1. The van der Waals surface area contributed by atoms with E-state index in [1.807, 2.05) is 43.3 Å². The molecule has 0 aromatic heterocycles. The van der Waals surface area contributed by atoms with E-state index < -0.39 is 5.82 Å². The zero-order valence-electron chi connectivity index (χ0n) is 20.7. The van der Waals surface area contributed by atoms with Crippen molar-refractivity contribution < 1.29 is 24.1 Å². The monoisotopic (exact) mass is 491 g/mol. The number of hydrogen-bond donors (Lipinski definition) is 2. The molecule has 0 unspecified atom stereocenters. The molecule has 1 fully saturated rings. The van der Waals surface area contributed by atoms with E-state index in [4.69, 9.17) is 9.47 Å². The zero-order chi connectivity index (χ0) is 25.1. The highest BCUT2D eigenvalue weighted by atomic mass is 19.1. The summed E-state index contributed by atoms with van der Waals surface area (Å²) in [5.41, 5.74) is 2.26. The maximum atomic E-state index is 15.0. The molecule has 0 radical (unpaired) electrons. The average molecular weight is 492 g/mol. The van der Waals surface area contributed by atoms with Crippen molar-refractivity contribution in [3.63, 3.8) is 0 Å². The Bertz CT molecular complexity index is 1160. The summed E-state index contributed by atoms with van der Waals surface area (Å²) in [7, 11) is 0. The summed E-state index contributed by atoms with van der Waals surface area (Å²) in [4.78, 5) is 2.48. The minimum atomic E-state index is -0.643. The Morgan fingerprint density at radius 1 is 0.889 bits per heavy atom. The lowest BCUT2D eigenvalue weighted by Crippen LogP contribution is -2.29. The van der Waals surface area contributed by atoms with Crippen molar-refractivity contribution in [2.45, 2.75) is 50.5 Å². The molecule has 3 aromatic carbocycles. The van der Waals surface area contributed by atoms with E-state index in [9.17, 15) is 14.6 Å². The number of nitrogens with zero attached hydrogens (tertiary/aromatic N) is 1. The minimum absolute atomic E-state index is 0.172. The minimum Gasteiger partial charge on any atom is -0.508 e. The molecule has 6 heteroatoms. The van der Waals surface area contributed by atoms with Crippen LogP contribution in [0.2, 0.25) is 0 Å². The van der Waals surface area contributed by atoms with Gasteiger partial charge in [0.25, 0.3) is 0 Å². The first kappa shape index (κ1) is 24.4. The normalized spacial score (nSPS) is 22.3. The van der Waals surface area contributed by atoms with Gasteiger partial charge < -0.3 is 19.7 Å². The van der Waals surface area contributed by atoms with Gasteiger partial charge in [0.2, 0.25) is 0 Å². The Morgan fingerprint density at radius 3 is 2.25 bits per heavy atom. The van der Waals surface area contributed by atoms with E-state index >= 15 is 0 Å². The number of aromatic hydroxyl groups is 2. The fourth-order valence-corrected chi connectivity index (χ4v) is 5.58. The number of hydrogen-bond acceptors (Lipinski definition) is 5. The van der Waals surface area contributed by atoms with E-state index in [1.165, 1.54) is 31.7 Å². The van der Waals surface area contributed by atoms with Crippen molar-refractivity contribution in [2.24, 2.45) is 0 Å². The highest BCUT2D eigenvalue weighted by Gasteiger charge is 2.40.